The zero-order valence-corrected chi connectivity index (χ0v) is 12.7. The molecule has 1 N–H and O–H groups in total. The first-order valence-electron chi connectivity index (χ1n) is 5.55. The third-order valence-electron chi connectivity index (χ3n) is 2.69. The lowest BCUT2D eigenvalue weighted by atomic mass is 10.1. The second-order valence-corrected chi connectivity index (χ2v) is 5.67. The number of aromatic nitrogens is 3. The zero-order valence-electron chi connectivity index (χ0n) is 10.3. The van der Waals surface area contributed by atoms with E-state index >= 15 is 0 Å². The van der Waals surface area contributed by atoms with Crippen molar-refractivity contribution in [2.75, 3.05) is 0 Å². The van der Waals surface area contributed by atoms with Gasteiger partial charge in [0, 0.05) is 5.92 Å². The van der Waals surface area contributed by atoms with Gasteiger partial charge in [-0.3, -0.25) is 9.67 Å². The molecular formula is C12H13BrFN3S. The molecule has 0 amide bonds. The molecule has 0 fully saturated rings. The van der Waals surface area contributed by atoms with Crippen molar-refractivity contribution >= 4 is 28.1 Å². The molecule has 0 spiro atoms. The zero-order chi connectivity index (χ0) is 13.4. The van der Waals surface area contributed by atoms with Crippen LogP contribution in [-0.2, 0) is 0 Å². The number of nitrogens with zero attached hydrogens (tertiary/aromatic N) is 2. The van der Waals surface area contributed by atoms with Gasteiger partial charge in [-0.05, 0) is 52.8 Å². The van der Waals surface area contributed by atoms with Gasteiger partial charge in [0.15, 0.2) is 4.77 Å². The van der Waals surface area contributed by atoms with Crippen molar-refractivity contribution in [1.82, 2.24) is 14.8 Å². The standard InChI is InChI=1S/C12H13BrFN3S/c1-6(2)11-15-16-12(18)17(11)10-5-8(13)9(14)4-7(10)3/h4-6H,1-3H3,(H,16,18). The molecule has 2 aromatic rings. The van der Waals surface area contributed by atoms with Crippen LogP contribution in [0.3, 0.4) is 0 Å². The van der Waals surface area contributed by atoms with E-state index in [9.17, 15) is 4.39 Å². The molecule has 0 aliphatic rings. The summed E-state index contributed by atoms with van der Waals surface area (Å²) in [7, 11) is 0. The minimum Gasteiger partial charge on any atom is -0.272 e. The largest absolute Gasteiger partial charge is 0.272 e. The first kappa shape index (κ1) is 13.4. The van der Waals surface area contributed by atoms with Gasteiger partial charge < -0.3 is 0 Å². The summed E-state index contributed by atoms with van der Waals surface area (Å²) < 4.78 is 16.2. The highest BCUT2D eigenvalue weighted by Crippen LogP contribution is 2.26. The summed E-state index contributed by atoms with van der Waals surface area (Å²) in [4.78, 5) is 0. The molecule has 0 radical (unpaired) electrons. The normalized spacial score (nSPS) is 11.2. The quantitative estimate of drug-likeness (QED) is 0.835. The summed E-state index contributed by atoms with van der Waals surface area (Å²) in [6.45, 7) is 5.93. The van der Waals surface area contributed by atoms with Crippen LogP contribution < -0.4 is 0 Å². The van der Waals surface area contributed by atoms with Crippen LogP contribution in [-0.4, -0.2) is 14.8 Å². The van der Waals surface area contributed by atoms with Crippen molar-refractivity contribution in [3.63, 3.8) is 0 Å². The smallest absolute Gasteiger partial charge is 0.199 e. The lowest BCUT2D eigenvalue weighted by Gasteiger charge is -2.12. The molecule has 0 saturated heterocycles. The van der Waals surface area contributed by atoms with E-state index in [1.807, 2.05) is 25.3 Å². The van der Waals surface area contributed by atoms with E-state index in [0.29, 0.717) is 9.24 Å². The van der Waals surface area contributed by atoms with Gasteiger partial charge in [0.2, 0.25) is 0 Å². The van der Waals surface area contributed by atoms with Crippen LogP contribution in [0.15, 0.2) is 16.6 Å². The van der Waals surface area contributed by atoms with E-state index in [4.69, 9.17) is 12.2 Å². The molecule has 2 rings (SSSR count). The monoisotopic (exact) mass is 329 g/mol. The van der Waals surface area contributed by atoms with E-state index in [-0.39, 0.29) is 11.7 Å². The molecule has 0 atom stereocenters. The molecule has 1 aromatic heterocycles. The fraction of sp³-hybridized carbons (Fsp3) is 0.333. The Balaban J connectivity index is 2.73. The summed E-state index contributed by atoms with van der Waals surface area (Å²) in [5.41, 5.74) is 1.65. The van der Waals surface area contributed by atoms with Gasteiger partial charge in [0.1, 0.15) is 11.6 Å². The first-order chi connectivity index (χ1) is 8.41. The molecule has 0 unspecified atom stereocenters. The van der Waals surface area contributed by atoms with Gasteiger partial charge in [0.05, 0.1) is 10.2 Å². The molecule has 3 nitrogen and oxygen atoms in total. The predicted octanol–water partition coefficient (Wildman–Crippen LogP) is 4.26. The number of rotatable bonds is 2. The van der Waals surface area contributed by atoms with Gasteiger partial charge in [-0.15, -0.1) is 0 Å². The summed E-state index contributed by atoms with van der Waals surface area (Å²) in [6, 6.07) is 3.21. The highest BCUT2D eigenvalue weighted by atomic mass is 79.9. The van der Waals surface area contributed by atoms with Crippen molar-refractivity contribution in [3.8, 4) is 5.69 Å². The van der Waals surface area contributed by atoms with Crippen LogP contribution >= 0.6 is 28.1 Å². The maximum atomic E-state index is 13.5. The minimum atomic E-state index is -0.280. The van der Waals surface area contributed by atoms with Crippen molar-refractivity contribution in [1.29, 1.82) is 0 Å². The Morgan fingerprint density at radius 1 is 1.44 bits per heavy atom. The summed E-state index contributed by atoms with van der Waals surface area (Å²) in [5.74, 6) is 0.778. The van der Waals surface area contributed by atoms with Gasteiger partial charge in [-0.2, -0.15) is 5.10 Å². The fourth-order valence-corrected chi connectivity index (χ4v) is 2.37. The van der Waals surface area contributed by atoms with Gasteiger partial charge in [-0.25, -0.2) is 4.39 Å². The van der Waals surface area contributed by atoms with E-state index in [1.165, 1.54) is 6.07 Å². The third-order valence-corrected chi connectivity index (χ3v) is 3.58. The van der Waals surface area contributed by atoms with Crippen LogP contribution in [0.2, 0.25) is 0 Å². The number of halogens is 2. The number of hydrogen-bond donors (Lipinski definition) is 1. The molecule has 0 saturated carbocycles. The van der Waals surface area contributed by atoms with E-state index < -0.39 is 0 Å². The summed E-state index contributed by atoms with van der Waals surface area (Å²) in [6.07, 6.45) is 0. The maximum Gasteiger partial charge on any atom is 0.199 e. The molecule has 1 heterocycles. The number of aryl methyl sites for hydroxylation is 1. The lowest BCUT2D eigenvalue weighted by Crippen LogP contribution is -2.05. The van der Waals surface area contributed by atoms with Crippen molar-refractivity contribution in [3.05, 3.63) is 38.6 Å². The first-order valence-corrected chi connectivity index (χ1v) is 6.75. The number of benzene rings is 1. The molecule has 96 valence electrons. The summed E-state index contributed by atoms with van der Waals surface area (Å²) in [5, 5.41) is 7.01. The Morgan fingerprint density at radius 3 is 2.72 bits per heavy atom. The number of aromatic amines is 1. The van der Waals surface area contributed by atoms with Crippen molar-refractivity contribution in [2.24, 2.45) is 0 Å². The number of hydrogen-bond acceptors (Lipinski definition) is 2. The molecule has 0 aliphatic carbocycles. The second-order valence-electron chi connectivity index (χ2n) is 4.43. The van der Waals surface area contributed by atoms with Gasteiger partial charge in [-0.1, -0.05) is 13.8 Å². The van der Waals surface area contributed by atoms with Gasteiger partial charge >= 0.3 is 0 Å². The molecule has 0 aliphatic heterocycles. The predicted molar refractivity (Wildman–Crippen MR) is 75.2 cm³/mol. The highest BCUT2D eigenvalue weighted by molar-refractivity contribution is 9.10. The van der Waals surface area contributed by atoms with E-state index in [2.05, 4.69) is 26.1 Å². The Hall–Kier alpha value is -1.01. The fourth-order valence-electron chi connectivity index (χ4n) is 1.81. The Kier molecular flexibility index (Phi) is 3.68. The Morgan fingerprint density at radius 2 is 2.11 bits per heavy atom. The maximum absolute atomic E-state index is 13.5. The summed E-state index contributed by atoms with van der Waals surface area (Å²) >= 11 is 8.44. The average molecular weight is 330 g/mol. The second kappa shape index (κ2) is 4.93. The lowest BCUT2D eigenvalue weighted by molar-refractivity contribution is 0.618. The molecule has 0 bridgehead atoms. The van der Waals surface area contributed by atoms with Crippen molar-refractivity contribution in [2.45, 2.75) is 26.7 Å². The molecule has 1 aromatic carbocycles. The topological polar surface area (TPSA) is 33.6 Å². The molecule has 6 heteroatoms. The van der Waals surface area contributed by atoms with Gasteiger partial charge in [0.25, 0.3) is 0 Å². The third kappa shape index (κ3) is 2.27. The average Bonchev–Trinajstić information content (AvgIpc) is 2.66. The Labute approximate surface area is 118 Å². The highest BCUT2D eigenvalue weighted by Gasteiger charge is 2.15. The van der Waals surface area contributed by atoms with E-state index in [1.54, 1.807) is 6.07 Å². The van der Waals surface area contributed by atoms with Crippen LogP contribution in [0.4, 0.5) is 4.39 Å². The van der Waals surface area contributed by atoms with Crippen LogP contribution in [0.5, 0.6) is 0 Å². The number of nitrogens with one attached hydrogen (secondary N) is 1. The molecule has 18 heavy (non-hydrogen) atoms. The SMILES string of the molecule is Cc1cc(F)c(Br)cc1-n1c(C(C)C)n[nH]c1=S. The minimum absolute atomic E-state index is 0.223. The van der Waals surface area contributed by atoms with Crippen LogP contribution in [0.1, 0.15) is 31.2 Å². The van der Waals surface area contributed by atoms with Crippen LogP contribution in [0, 0.1) is 17.5 Å². The molecular weight excluding hydrogens is 317 g/mol. The van der Waals surface area contributed by atoms with Crippen molar-refractivity contribution < 1.29 is 4.39 Å². The van der Waals surface area contributed by atoms with Crippen LogP contribution in [0.25, 0.3) is 5.69 Å². The Bertz CT molecular complexity index is 645. The number of H-pyrrole nitrogens is 1. The van der Waals surface area contributed by atoms with E-state index in [0.717, 1.165) is 17.1 Å².